The van der Waals surface area contributed by atoms with Gasteiger partial charge in [0.15, 0.2) is 0 Å². The number of nitrogens with zero attached hydrogens (tertiary/aromatic N) is 1. The van der Waals surface area contributed by atoms with Crippen molar-refractivity contribution in [3.8, 4) is 0 Å². The van der Waals surface area contributed by atoms with Crippen LogP contribution in [-0.2, 0) is 0 Å². The summed E-state index contributed by atoms with van der Waals surface area (Å²) in [4.78, 5) is 2.60. The molecule has 0 radical (unpaired) electrons. The summed E-state index contributed by atoms with van der Waals surface area (Å²) >= 11 is 1.94. The highest BCUT2D eigenvalue weighted by Crippen LogP contribution is 2.42. The zero-order valence-corrected chi connectivity index (χ0v) is 13.7. The van der Waals surface area contributed by atoms with E-state index >= 15 is 0 Å². The summed E-state index contributed by atoms with van der Waals surface area (Å²) in [7, 11) is 2.30. The number of hydrogen-bond donors (Lipinski definition) is 1. The average Bonchev–Trinajstić information content (AvgIpc) is 2.37. The Labute approximate surface area is 118 Å². The molecule has 1 fully saturated rings. The molecule has 1 saturated carbocycles. The Balaban J connectivity index is 2.92. The molecule has 0 aromatic rings. The third kappa shape index (κ3) is 3.23. The van der Waals surface area contributed by atoms with Crippen molar-refractivity contribution in [2.45, 2.75) is 58.0 Å². The molecule has 1 aliphatic carbocycles. The highest BCUT2D eigenvalue weighted by Gasteiger charge is 2.45. The van der Waals surface area contributed by atoms with Crippen LogP contribution in [0.3, 0.4) is 0 Å². The van der Waals surface area contributed by atoms with Crippen molar-refractivity contribution in [1.82, 2.24) is 4.90 Å². The van der Waals surface area contributed by atoms with Crippen LogP contribution >= 0.6 is 11.8 Å². The third-order valence-electron chi connectivity index (χ3n) is 4.99. The van der Waals surface area contributed by atoms with Gasteiger partial charge in [-0.05, 0) is 44.9 Å². The highest BCUT2D eigenvalue weighted by atomic mass is 32.2. The summed E-state index contributed by atoms with van der Waals surface area (Å²) in [6.07, 6.45) is 7.55. The van der Waals surface area contributed by atoms with Crippen molar-refractivity contribution in [3.63, 3.8) is 0 Å². The Bertz CT molecular complexity index is 245. The van der Waals surface area contributed by atoms with E-state index in [9.17, 15) is 0 Å². The van der Waals surface area contributed by atoms with E-state index in [0.29, 0.717) is 6.04 Å². The molecule has 3 atom stereocenters. The molecular weight excluding hydrogens is 240 g/mol. The van der Waals surface area contributed by atoms with Gasteiger partial charge in [0.25, 0.3) is 0 Å². The van der Waals surface area contributed by atoms with Gasteiger partial charge in [0, 0.05) is 23.9 Å². The number of likely N-dealkylation sites (N-methyl/N-ethyl adjacent to an activating group) is 1. The summed E-state index contributed by atoms with van der Waals surface area (Å²) in [5.74, 6) is 2.69. The normalized spacial score (nSPS) is 31.0. The van der Waals surface area contributed by atoms with Crippen molar-refractivity contribution in [2.24, 2.45) is 17.6 Å². The zero-order valence-electron chi connectivity index (χ0n) is 12.9. The molecule has 1 aliphatic rings. The Morgan fingerprint density at radius 2 is 2.00 bits per heavy atom. The first-order valence-electron chi connectivity index (χ1n) is 7.41. The fourth-order valence-electron chi connectivity index (χ4n) is 3.83. The minimum Gasteiger partial charge on any atom is -0.329 e. The maximum absolute atomic E-state index is 6.25. The molecule has 0 bridgehead atoms. The first-order valence-corrected chi connectivity index (χ1v) is 8.81. The van der Waals surface area contributed by atoms with E-state index in [1.54, 1.807) is 0 Å². The lowest BCUT2D eigenvalue weighted by molar-refractivity contribution is -0.0136. The Hall–Kier alpha value is 0.270. The predicted octanol–water partition coefficient (Wildman–Crippen LogP) is 3.21. The maximum atomic E-state index is 6.25. The van der Waals surface area contributed by atoms with Crippen LogP contribution in [0.25, 0.3) is 0 Å². The monoisotopic (exact) mass is 272 g/mol. The Kier molecular flexibility index (Phi) is 6.49. The van der Waals surface area contributed by atoms with E-state index < -0.39 is 0 Å². The maximum Gasteiger partial charge on any atom is 0.0362 e. The molecule has 2 nitrogen and oxygen atoms in total. The van der Waals surface area contributed by atoms with Crippen molar-refractivity contribution < 1.29 is 0 Å². The van der Waals surface area contributed by atoms with Gasteiger partial charge in [-0.2, -0.15) is 11.8 Å². The van der Waals surface area contributed by atoms with Crippen LogP contribution in [0.5, 0.6) is 0 Å². The number of thioether (sulfide) groups is 1. The van der Waals surface area contributed by atoms with Gasteiger partial charge in [-0.1, -0.05) is 26.7 Å². The van der Waals surface area contributed by atoms with E-state index in [-0.39, 0.29) is 5.54 Å². The van der Waals surface area contributed by atoms with E-state index in [1.165, 1.54) is 31.4 Å². The highest BCUT2D eigenvalue weighted by molar-refractivity contribution is 7.98. The van der Waals surface area contributed by atoms with Gasteiger partial charge in [0.2, 0.25) is 0 Å². The molecule has 108 valence electrons. The van der Waals surface area contributed by atoms with Crippen LogP contribution in [0.15, 0.2) is 0 Å². The summed E-state index contributed by atoms with van der Waals surface area (Å²) in [6, 6.07) is 0.614. The van der Waals surface area contributed by atoms with Gasteiger partial charge in [0.05, 0.1) is 0 Å². The molecule has 0 amide bonds. The van der Waals surface area contributed by atoms with Crippen molar-refractivity contribution in [2.75, 3.05) is 25.6 Å². The largest absolute Gasteiger partial charge is 0.329 e. The first kappa shape index (κ1) is 16.3. The molecular formula is C15H32N2S. The summed E-state index contributed by atoms with van der Waals surface area (Å²) in [5, 5.41) is 0. The fourth-order valence-corrected chi connectivity index (χ4v) is 4.54. The molecule has 2 N–H and O–H groups in total. The van der Waals surface area contributed by atoms with Crippen LogP contribution in [0.4, 0.5) is 0 Å². The van der Waals surface area contributed by atoms with Crippen LogP contribution in [0.1, 0.15) is 46.5 Å². The lowest BCUT2D eigenvalue weighted by atomic mass is 9.66. The van der Waals surface area contributed by atoms with Gasteiger partial charge in [0.1, 0.15) is 0 Å². The molecule has 0 heterocycles. The minimum absolute atomic E-state index is 0.238. The van der Waals surface area contributed by atoms with Crippen molar-refractivity contribution >= 4 is 11.8 Å². The van der Waals surface area contributed by atoms with Gasteiger partial charge >= 0.3 is 0 Å². The molecule has 3 unspecified atom stereocenters. The molecule has 18 heavy (non-hydrogen) atoms. The fraction of sp³-hybridized carbons (Fsp3) is 1.00. The van der Waals surface area contributed by atoms with Crippen LogP contribution in [-0.4, -0.2) is 42.1 Å². The minimum atomic E-state index is 0.238. The van der Waals surface area contributed by atoms with E-state index in [2.05, 4.69) is 39.0 Å². The average molecular weight is 273 g/mol. The van der Waals surface area contributed by atoms with Crippen LogP contribution in [0, 0.1) is 11.8 Å². The van der Waals surface area contributed by atoms with Crippen molar-refractivity contribution in [1.29, 1.82) is 0 Å². The predicted molar refractivity (Wildman–Crippen MR) is 84.2 cm³/mol. The smallest absolute Gasteiger partial charge is 0.0362 e. The van der Waals surface area contributed by atoms with Gasteiger partial charge in [-0.3, -0.25) is 4.90 Å². The molecule has 1 rings (SSSR count). The topological polar surface area (TPSA) is 29.3 Å². The summed E-state index contributed by atoms with van der Waals surface area (Å²) in [5.41, 5.74) is 6.49. The van der Waals surface area contributed by atoms with Gasteiger partial charge < -0.3 is 5.73 Å². The van der Waals surface area contributed by atoms with Crippen LogP contribution in [0.2, 0.25) is 0 Å². The number of hydrogen-bond acceptors (Lipinski definition) is 3. The Morgan fingerprint density at radius 1 is 1.33 bits per heavy atom. The zero-order chi connectivity index (χ0) is 13.8. The second-order valence-electron chi connectivity index (χ2n) is 6.32. The number of nitrogens with two attached hydrogens (primary N) is 1. The second kappa shape index (κ2) is 7.16. The lowest BCUT2D eigenvalue weighted by Gasteiger charge is -2.53. The summed E-state index contributed by atoms with van der Waals surface area (Å²) < 4.78 is 0. The molecule has 0 aliphatic heterocycles. The summed E-state index contributed by atoms with van der Waals surface area (Å²) in [6.45, 7) is 7.89. The van der Waals surface area contributed by atoms with Gasteiger partial charge in [-0.15, -0.1) is 0 Å². The van der Waals surface area contributed by atoms with Crippen molar-refractivity contribution in [3.05, 3.63) is 0 Å². The number of rotatable bonds is 6. The second-order valence-corrected chi connectivity index (χ2v) is 7.23. The molecule has 3 heteroatoms. The third-order valence-corrected chi connectivity index (χ3v) is 5.81. The van der Waals surface area contributed by atoms with Crippen LogP contribution < -0.4 is 5.73 Å². The standard InChI is InChI=1S/C15H32N2S/c1-12(2)14-8-6-7-9-15(14,11-16)17(4)13(3)10-18-5/h12-14H,6-11,16H2,1-5H3. The van der Waals surface area contributed by atoms with Gasteiger partial charge in [-0.25, -0.2) is 0 Å². The first-order chi connectivity index (χ1) is 8.49. The van der Waals surface area contributed by atoms with E-state index in [1.807, 2.05) is 11.8 Å². The molecule has 0 saturated heterocycles. The molecule has 0 aromatic carbocycles. The van der Waals surface area contributed by atoms with E-state index in [4.69, 9.17) is 5.73 Å². The molecule has 0 aromatic heterocycles. The SMILES string of the molecule is CSCC(C)N(C)C1(CN)CCCCC1C(C)C. The van der Waals surface area contributed by atoms with E-state index in [0.717, 1.165) is 18.4 Å². The molecule has 0 spiro atoms. The quantitative estimate of drug-likeness (QED) is 0.805. The lowest BCUT2D eigenvalue weighted by Crippen LogP contribution is -2.62. The Morgan fingerprint density at radius 3 is 2.50 bits per heavy atom.